The summed E-state index contributed by atoms with van der Waals surface area (Å²) in [6, 6.07) is 5.62. The number of amides is 2. The van der Waals surface area contributed by atoms with Gasteiger partial charge in [0.25, 0.3) is 5.91 Å². The predicted molar refractivity (Wildman–Crippen MR) is 91.6 cm³/mol. The molecule has 1 aromatic carbocycles. The maximum absolute atomic E-state index is 12.5. The molecule has 2 aliphatic rings. The van der Waals surface area contributed by atoms with Crippen molar-refractivity contribution in [2.24, 2.45) is 0 Å². The number of para-hydroxylation sites is 1. The number of methoxy groups -OCH3 is 2. The Morgan fingerprint density at radius 2 is 2.00 bits per heavy atom. The summed E-state index contributed by atoms with van der Waals surface area (Å²) in [4.78, 5) is 25.6. The number of carbonyl (C=O) groups excluding carboxylic acids is 2. The topological polar surface area (TPSA) is 77.1 Å². The summed E-state index contributed by atoms with van der Waals surface area (Å²) >= 11 is 0. The Bertz CT molecular complexity index is 693. The van der Waals surface area contributed by atoms with Crippen molar-refractivity contribution in [2.45, 2.75) is 18.9 Å². The second-order valence-electron chi connectivity index (χ2n) is 6.04. The molecule has 25 heavy (non-hydrogen) atoms. The Hall–Kier alpha value is -2.70. The highest BCUT2D eigenvalue weighted by Gasteiger charge is 2.26. The van der Waals surface area contributed by atoms with Gasteiger partial charge in [0.1, 0.15) is 6.61 Å². The largest absolute Gasteiger partial charge is 0.493 e. The third-order valence-electron chi connectivity index (χ3n) is 4.49. The smallest absolute Gasteiger partial charge is 0.409 e. The number of nitrogens with zero attached hydrogens (tertiary/aromatic N) is 1. The molecule has 0 aromatic heterocycles. The van der Waals surface area contributed by atoms with Crippen LogP contribution in [0.5, 0.6) is 11.5 Å². The lowest BCUT2D eigenvalue weighted by Gasteiger charge is -2.31. The van der Waals surface area contributed by atoms with Crippen molar-refractivity contribution in [1.29, 1.82) is 0 Å². The molecule has 0 spiro atoms. The number of carbonyl (C=O) groups is 2. The summed E-state index contributed by atoms with van der Waals surface area (Å²) in [6.07, 6.45) is 2.93. The van der Waals surface area contributed by atoms with Gasteiger partial charge in [-0.3, -0.25) is 4.79 Å². The predicted octanol–water partition coefficient (Wildman–Crippen LogP) is 1.82. The quantitative estimate of drug-likeness (QED) is 0.903. The minimum Gasteiger partial charge on any atom is -0.493 e. The van der Waals surface area contributed by atoms with E-state index in [9.17, 15) is 9.59 Å². The van der Waals surface area contributed by atoms with Crippen molar-refractivity contribution in [3.63, 3.8) is 0 Å². The molecule has 1 aromatic rings. The fraction of sp³-hybridized carbons (Fsp3) is 0.444. The number of piperidine rings is 1. The lowest BCUT2D eigenvalue weighted by atomic mass is 10.0. The molecule has 0 radical (unpaired) electrons. The van der Waals surface area contributed by atoms with Gasteiger partial charge in [0.2, 0.25) is 0 Å². The molecule has 1 N–H and O–H groups in total. The van der Waals surface area contributed by atoms with Crippen LogP contribution in [0, 0.1) is 0 Å². The summed E-state index contributed by atoms with van der Waals surface area (Å²) in [5.41, 5.74) is 1.41. The van der Waals surface area contributed by atoms with Crippen LogP contribution in [0.4, 0.5) is 4.79 Å². The molecule has 2 amide bonds. The van der Waals surface area contributed by atoms with Gasteiger partial charge in [0.05, 0.1) is 19.8 Å². The first-order valence-electron chi connectivity index (χ1n) is 8.26. The standard InChI is InChI=1S/C18H22N2O5/c1-23-15-5-3-4-12-10-13(11-25-16(12)15)17(21)19-14-6-8-20(9-7-14)18(22)24-2/h3-5,10,14H,6-9,11H2,1-2H3,(H,19,21). The third-order valence-corrected chi connectivity index (χ3v) is 4.49. The minimum absolute atomic E-state index is 0.0426. The van der Waals surface area contributed by atoms with Gasteiger partial charge in [-0.15, -0.1) is 0 Å². The molecule has 0 bridgehead atoms. The van der Waals surface area contributed by atoms with E-state index >= 15 is 0 Å². The zero-order valence-electron chi connectivity index (χ0n) is 14.4. The second-order valence-corrected chi connectivity index (χ2v) is 6.04. The number of benzene rings is 1. The molecule has 1 fully saturated rings. The van der Waals surface area contributed by atoms with Crippen molar-refractivity contribution in [3.05, 3.63) is 29.3 Å². The molecule has 134 valence electrons. The van der Waals surface area contributed by atoms with Crippen molar-refractivity contribution in [2.75, 3.05) is 33.9 Å². The number of ether oxygens (including phenoxy) is 3. The van der Waals surface area contributed by atoms with Crippen molar-refractivity contribution < 1.29 is 23.8 Å². The number of hydrogen-bond donors (Lipinski definition) is 1. The van der Waals surface area contributed by atoms with E-state index in [-0.39, 0.29) is 24.6 Å². The average Bonchev–Trinajstić information content (AvgIpc) is 2.66. The highest BCUT2D eigenvalue weighted by Crippen LogP contribution is 2.35. The summed E-state index contributed by atoms with van der Waals surface area (Å²) in [7, 11) is 2.96. The van der Waals surface area contributed by atoms with Crippen LogP contribution in [0.25, 0.3) is 6.08 Å². The average molecular weight is 346 g/mol. The van der Waals surface area contributed by atoms with E-state index in [0.717, 1.165) is 5.56 Å². The van der Waals surface area contributed by atoms with Crippen LogP contribution in [0.2, 0.25) is 0 Å². The zero-order valence-corrected chi connectivity index (χ0v) is 14.4. The van der Waals surface area contributed by atoms with Crippen LogP contribution in [0.15, 0.2) is 23.8 Å². The first-order chi connectivity index (χ1) is 12.1. The zero-order chi connectivity index (χ0) is 17.8. The Balaban J connectivity index is 1.61. The summed E-state index contributed by atoms with van der Waals surface area (Å²) in [5, 5.41) is 3.03. The van der Waals surface area contributed by atoms with E-state index in [0.29, 0.717) is 43.0 Å². The highest BCUT2D eigenvalue weighted by atomic mass is 16.5. The molecule has 3 rings (SSSR count). The van der Waals surface area contributed by atoms with Crippen LogP contribution in [0.1, 0.15) is 18.4 Å². The molecule has 0 saturated carbocycles. The SMILES string of the molecule is COC(=O)N1CCC(NC(=O)C2=Cc3cccc(OC)c3OC2)CC1. The normalized spacial score (nSPS) is 17.0. The summed E-state index contributed by atoms with van der Waals surface area (Å²) in [5.74, 6) is 1.18. The van der Waals surface area contributed by atoms with E-state index < -0.39 is 0 Å². The van der Waals surface area contributed by atoms with Gasteiger partial charge in [-0.05, 0) is 25.0 Å². The summed E-state index contributed by atoms with van der Waals surface area (Å²) < 4.78 is 15.7. The van der Waals surface area contributed by atoms with Gasteiger partial charge in [-0.2, -0.15) is 0 Å². The molecule has 2 heterocycles. The van der Waals surface area contributed by atoms with Crippen LogP contribution in [0.3, 0.4) is 0 Å². The van der Waals surface area contributed by atoms with Gasteiger partial charge in [0.15, 0.2) is 11.5 Å². The molecular weight excluding hydrogens is 324 g/mol. The van der Waals surface area contributed by atoms with E-state index in [1.807, 2.05) is 24.3 Å². The van der Waals surface area contributed by atoms with E-state index in [1.54, 1.807) is 12.0 Å². The van der Waals surface area contributed by atoms with Crippen LogP contribution < -0.4 is 14.8 Å². The fourth-order valence-corrected chi connectivity index (χ4v) is 3.09. The highest BCUT2D eigenvalue weighted by molar-refractivity contribution is 5.99. The second kappa shape index (κ2) is 7.46. The summed E-state index contributed by atoms with van der Waals surface area (Å²) in [6.45, 7) is 1.36. The molecule has 0 atom stereocenters. The number of fused-ring (bicyclic) bond motifs is 1. The van der Waals surface area contributed by atoms with E-state index in [1.165, 1.54) is 7.11 Å². The first kappa shape index (κ1) is 17.1. The maximum Gasteiger partial charge on any atom is 0.409 e. The Morgan fingerprint density at radius 3 is 2.68 bits per heavy atom. The lowest BCUT2D eigenvalue weighted by Crippen LogP contribution is -2.47. The minimum atomic E-state index is -0.321. The van der Waals surface area contributed by atoms with E-state index in [2.05, 4.69) is 5.32 Å². The van der Waals surface area contributed by atoms with Crippen molar-refractivity contribution in [3.8, 4) is 11.5 Å². The molecule has 1 saturated heterocycles. The van der Waals surface area contributed by atoms with Crippen LogP contribution in [-0.2, 0) is 9.53 Å². The third kappa shape index (κ3) is 3.70. The fourth-order valence-electron chi connectivity index (χ4n) is 3.09. The molecule has 0 aliphatic carbocycles. The van der Waals surface area contributed by atoms with E-state index in [4.69, 9.17) is 14.2 Å². The van der Waals surface area contributed by atoms with Gasteiger partial charge in [0, 0.05) is 24.7 Å². The molecule has 7 heteroatoms. The van der Waals surface area contributed by atoms with Gasteiger partial charge < -0.3 is 24.4 Å². The Kier molecular flexibility index (Phi) is 5.11. The number of likely N-dealkylation sites (tertiary alicyclic amines) is 1. The monoisotopic (exact) mass is 346 g/mol. The first-order valence-corrected chi connectivity index (χ1v) is 8.26. The van der Waals surface area contributed by atoms with Crippen LogP contribution >= 0.6 is 0 Å². The van der Waals surface area contributed by atoms with Gasteiger partial charge in [-0.25, -0.2) is 4.79 Å². The maximum atomic E-state index is 12.5. The van der Waals surface area contributed by atoms with Crippen LogP contribution in [-0.4, -0.2) is 56.9 Å². The molecule has 0 unspecified atom stereocenters. The number of rotatable bonds is 3. The van der Waals surface area contributed by atoms with Gasteiger partial charge in [-0.1, -0.05) is 12.1 Å². The molecule has 7 nitrogen and oxygen atoms in total. The van der Waals surface area contributed by atoms with Crippen molar-refractivity contribution in [1.82, 2.24) is 10.2 Å². The number of nitrogens with one attached hydrogen (secondary N) is 1. The lowest BCUT2D eigenvalue weighted by molar-refractivity contribution is -0.118. The molecule has 2 aliphatic heterocycles. The van der Waals surface area contributed by atoms with Crippen molar-refractivity contribution >= 4 is 18.1 Å². The number of hydrogen-bond acceptors (Lipinski definition) is 5. The Labute approximate surface area is 146 Å². The Morgan fingerprint density at radius 1 is 1.24 bits per heavy atom. The molecular formula is C18H22N2O5. The van der Waals surface area contributed by atoms with Gasteiger partial charge >= 0.3 is 6.09 Å².